The molecule has 0 rings (SSSR count). The summed E-state index contributed by atoms with van der Waals surface area (Å²) >= 11 is 0. The van der Waals surface area contributed by atoms with Crippen molar-refractivity contribution in [2.45, 2.75) is 5.51 Å². The van der Waals surface area contributed by atoms with E-state index in [-0.39, 0.29) is 18.9 Å². The molecule has 0 unspecified atom stereocenters. The third-order valence-corrected chi connectivity index (χ3v) is 0.567. The van der Waals surface area contributed by atoms with Crippen LogP contribution in [-0.2, 0) is 19.1 Å². The van der Waals surface area contributed by atoms with Gasteiger partial charge < -0.3 is 8.42 Å². The van der Waals surface area contributed by atoms with E-state index in [9.17, 15) is 13.2 Å². The van der Waals surface area contributed by atoms with Crippen LogP contribution in [0.4, 0.5) is 13.2 Å². The molecule has 0 fully saturated rings. The molecule has 0 saturated heterocycles. The van der Waals surface area contributed by atoms with E-state index >= 15 is 0 Å². The summed E-state index contributed by atoms with van der Waals surface area (Å²) in [5.41, 5.74) is -5.08. The van der Waals surface area contributed by atoms with Gasteiger partial charge >= 0.3 is 24.4 Å². The van der Waals surface area contributed by atoms with Gasteiger partial charge in [-0.25, -0.2) is 0 Å². The zero-order valence-electron chi connectivity index (χ0n) is 3.86. The van der Waals surface area contributed by atoms with Crippen molar-refractivity contribution >= 4 is 10.7 Å². The van der Waals surface area contributed by atoms with Gasteiger partial charge in [0, 0.05) is 10.7 Å². The Kier molecular flexibility index (Phi) is 4.72. The molecule has 7 heteroatoms. The second-order valence-corrected chi connectivity index (χ2v) is 1.61. The molecule has 0 aliphatic heterocycles. The zero-order chi connectivity index (χ0) is 6.08. The Balaban J connectivity index is 0. The maximum absolute atomic E-state index is 10.6. The molecule has 0 N–H and O–H groups in total. The van der Waals surface area contributed by atoms with Crippen LogP contribution in [0.3, 0.4) is 0 Å². The molecule has 0 aliphatic rings. The molecule has 0 bridgehead atoms. The molecule has 0 saturated carbocycles. The Hall–Kier alpha value is 0.337. The van der Waals surface area contributed by atoms with E-state index in [1.807, 2.05) is 0 Å². The van der Waals surface area contributed by atoms with E-state index in [1.54, 1.807) is 0 Å². The molecule has 2 nitrogen and oxygen atoms in total. The second-order valence-electron chi connectivity index (χ2n) is 0.680. The van der Waals surface area contributed by atoms with Crippen molar-refractivity contribution in [2.24, 2.45) is 0 Å². The third-order valence-electron chi connectivity index (χ3n) is 0.189. The van der Waals surface area contributed by atoms with Gasteiger partial charge in [0.2, 0.25) is 0 Å². The molecule has 8 heavy (non-hydrogen) atoms. The van der Waals surface area contributed by atoms with Crippen LogP contribution in [0.5, 0.6) is 0 Å². The summed E-state index contributed by atoms with van der Waals surface area (Å²) in [4.78, 5) is 0. The van der Waals surface area contributed by atoms with Crippen molar-refractivity contribution in [2.75, 3.05) is 0 Å². The fourth-order valence-corrected chi connectivity index (χ4v) is 0. The minimum atomic E-state index is -5.08. The van der Waals surface area contributed by atoms with Gasteiger partial charge in [0.05, 0.1) is 0 Å². The first kappa shape index (κ1) is 11.2. The predicted octanol–water partition coefficient (Wildman–Crippen LogP) is -2.18. The van der Waals surface area contributed by atoms with Gasteiger partial charge in [0.1, 0.15) is 0 Å². The standard InChI is InChI=1S/CF3O2S.Li/c2-1(3,4)7(5)6;/q-1;+1. The van der Waals surface area contributed by atoms with E-state index in [4.69, 9.17) is 8.42 Å². The zero-order valence-corrected chi connectivity index (χ0v) is 4.68. The Bertz CT molecular complexity index is 118. The van der Waals surface area contributed by atoms with Crippen LogP contribution in [0.25, 0.3) is 0 Å². The Morgan fingerprint density at radius 3 is 1.25 bits per heavy atom. The van der Waals surface area contributed by atoms with Gasteiger partial charge in [-0.3, -0.25) is 0 Å². The SMILES string of the molecule is O=[S-](=O)C(F)(F)F.[Li+]. The van der Waals surface area contributed by atoms with E-state index in [1.165, 1.54) is 0 Å². The van der Waals surface area contributed by atoms with Gasteiger partial charge in [-0.05, 0) is 0 Å². The van der Waals surface area contributed by atoms with Crippen LogP contribution < -0.4 is 18.9 Å². The fraction of sp³-hybridized carbons (Fsp3) is 1.00. The fourth-order valence-electron chi connectivity index (χ4n) is 0. The van der Waals surface area contributed by atoms with Crippen molar-refractivity contribution < 1.29 is 40.4 Å². The van der Waals surface area contributed by atoms with Gasteiger partial charge in [-0.2, -0.15) is 13.2 Å². The Morgan fingerprint density at radius 2 is 1.25 bits per heavy atom. The first-order valence-corrected chi connectivity index (χ1v) is 2.18. The van der Waals surface area contributed by atoms with E-state index in [0.29, 0.717) is 0 Å². The number of rotatable bonds is 0. The first-order chi connectivity index (χ1) is 2.94. The minimum absolute atomic E-state index is 0. The molecule has 0 spiro atoms. The smallest absolute Gasteiger partial charge is 0.416 e. The van der Waals surface area contributed by atoms with E-state index in [2.05, 4.69) is 0 Å². The summed E-state index contributed by atoms with van der Waals surface area (Å²) in [7, 11) is -3.93. The van der Waals surface area contributed by atoms with Crippen LogP contribution in [0.2, 0.25) is 0 Å². The maximum Gasteiger partial charge on any atom is 1.00 e. The second kappa shape index (κ2) is 3.38. The van der Waals surface area contributed by atoms with Crippen molar-refractivity contribution in [1.82, 2.24) is 0 Å². The molecule has 0 amide bonds. The number of alkyl halides is 3. The third kappa shape index (κ3) is 4.50. The molecule has 0 radical (unpaired) electrons. The van der Waals surface area contributed by atoms with Crippen LogP contribution in [0.15, 0.2) is 0 Å². The predicted molar refractivity (Wildman–Crippen MR) is 14.8 cm³/mol. The van der Waals surface area contributed by atoms with Crippen LogP contribution >= 0.6 is 0 Å². The molecule has 44 valence electrons. The van der Waals surface area contributed by atoms with Gasteiger partial charge in [0.15, 0.2) is 0 Å². The monoisotopic (exact) mass is 140 g/mol. The van der Waals surface area contributed by atoms with Crippen LogP contribution in [-0.4, -0.2) is 5.51 Å². The molecule has 0 aromatic rings. The average Bonchev–Trinajstić information content (AvgIpc) is 1.31. The number of hydrogen-bond acceptors (Lipinski definition) is 3. The summed E-state index contributed by atoms with van der Waals surface area (Å²) in [6.07, 6.45) is 0. The van der Waals surface area contributed by atoms with E-state index < -0.39 is 16.2 Å². The number of halogens is 3. The molecule has 0 aromatic carbocycles. The van der Waals surface area contributed by atoms with Crippen molar-refractivity contribution in [3.8, 4) is 0 Å². The van der Waals surface area contributed by atoms with Crippen molar-refractivity contribution in [3.63, 3.8) is 0 Å². The maximum atomic E-state index is 10.6. The summed E-state index contributed by atoms with van der Waals surface area (Å²) in [5, 5.41) is 0. The first-order valence-electron chi connectivity index (χ1n) is 1.10. The topological polar surface area (TPSA) is 34.1 Å². The summed E-state index contributed by atoms with van der Waals surface area (Å²) in [6, 6.07) is 0. The molecule has 0 aliphatic carbocycles. The molecular formula is CF3LiO2S. The minimum Gasteiger partial charge on any atom is -0.416 e. The van der Waals surface area contributed by atoms with Crippen LogP contribution in [0, 0.1) is 0 Å². The Morgan fingerprint density at radius 1 is 1.12 bits per heavy atom. The normalized spacial score (nSPS) is 11.0. The largest absolute Gasteiger partial charge is 1.00 e. The summed E-state index contributed by atoms with van der Waals surface area (Å²) < 4.78 is 49.5. The summed E-state index contributed by atoms with van der Waals surface area (Å²) in [6.45, 7) is 0. The van der Waals surface area contributed by atoms with Crippen molar-refractivity contribution in [1.29, 1.82) is 0 Å². The summed E-state index contributed by atoms with van der Waals surface area (Å²) in [5.74, 6) is 0. The van der Waals surface area contributed by atoms with E-state index in [0.717, 1.165) is 0 Å². The number of hydrogen-bond donors (Lipinski definition) is 0. The van der Waals surface area contributed by atoms with Crippen molar-refractivity contribution in [3.05, 3.63) is 0 Å². The van der Waals surface area contributed by atoms with Gasteiger partial charge in [-0.15, -0.1) is 0 Å². The molecule has 0 heterocycles. The Labute approximate surface area is 57.2 Å². The molecular weight excluding hydrogens is 140 g/mol. The van der Waals surface area contributed by atoms with Crippen LogP contribution in [0.1, 0.15) is 0 Å². The molecule has 0 atom stereocenters. The van der Waals surface area contributed by atoms with Gasteiger partial charge in [0.25, 0.3) is 0 Å². The molecule has 0 aromatic heterocycles. The van der Waals surface area contributed by atoms with Gasteiger partial charge in [-0.1, -0.05) is 0 Å². The quantitative estimate of drug-likeness (QED) is 0.283. The average molecular weight is 140 g/mol.